The topological polar surface area (TPSA) is 90.1 Å². The van der Waals surface area contributed by atoms with Crippen molar-refractivity contribution in [1.29, 1.82) is 5.26 Å². The second kappa shape index (κ2) is 8.01. The highest BCUT2D eigenvalue weighted by Gasteiger charge is 2.59. The zero-order chi connectivity index (χ0) is 23.4. The number of hydrogen-bond donors (Lipinski definition) is 1. The molecule has 8 nitrogen and oxygen atoms in total. The predicted molar refractivity (Wildman–Crippen MR) is 134 cm³/mol. The Bertz CT molecular complexity index is 1370. The lowest BCUT2D eigenvalue weighted by atomic mass is 9.75. The van der Waals surface area contributed by atoms with Gasteiger partial charge in [-0.15, -0.1) is 0 Å². The van der Waals surface area contributed by atoms with Gasteiger partial charge < -0.3 is 10.2 Å². The number of thiocarbonyl (C=S) groups is 1. The normalized spacial score (nSPS) is 20.2. The Hall–Kier alpha value is -3.06. The maximum atomic E-state index is 13.7. The Labute approximate surface area is 207 Å². The zero-order valence-corrected chi connectivity index (χ0v) is 19.9. The number of nitriles is 1. The smallest absolute Gasteiger partial charge is 0.259 e. The maximum absolute atomic E-state index is 13.7. The van der Waals surface area contributed by atoms with Gasteiger partial charge in [-0.2, -0.15) is 10.4 Å². The largest absolute Gasteiger partial charge is 0.317 e. The summed E-state index contributed by atoms with van der Waals surface area (Å²) in [6, 6.07) is 10.1. The zero-order valence-electron chi connectivity index (χ0n) is 18.4. The number of piperidine rings is 1. The van der Waals surface area contributed by atoms with E-state index in [2.05, 4.69) is 27.1 Å². The molecule has 0 atom stereocenters. The van der Waals surface area contributed by atoms with Crippen LogP contribution in [-0.2, 0) is 4.79 Å². The van der Waals surface area contributed by atoms with E-state index in [1.807, 2.05) is 23.2 Å². The summed E-state index contributed by atoms with van der Waals surface area (Å²) in [5.74, 6) is -0.0724. The molecule has 0 bridgehead atoms. The standard InChI is InChI=1S/C24H22ClN7OS/c25-19-11-18(14-28-20(19)12-26)30-22(33)24(6-1-7-24)31(23(30)34)17-2-3-21-15(10-17)13-29-32(21)16-4-8-27-9-5-16/h2-3,10-11,13-14,16,27H,1,4-9H2. The highest BCUT2D eigenvalue weighted by Crippen LogP contribution is 2.48. The molecule has 1 spiro atoms. The first kappa shape index (κ1) is 21.5. The Morgan fingerprint density at radius 3 is 2.65 bits per heavy atom. The van der Waals surface area contributed by atoms with Crippen LogP contribution in [0.5, 0.6) is 0 Å². The number of hydrogen-bond acceptors (Lipinski definition) is 6. The van der Waals surface area contributed by atoms with Crippen molar-refractivity contribution in [3.63, 3.8) is 0 Å². The SMILES string of the molecule is N#Cc1ncc(N2C(=O)C3(CCC3)N(c3ccc4c(cnn4C4CCNCC4)c3)C2=S)cc1Cl. The molecule has 3 aliphatic rings. The first-order valence-electron chi connectivity index (χ1n) is 11.5. The number of amides is 1. The van der Waals surface area contributed by atoms with Gasteiger partial charge in [0.25, 0.3) is 5.91 Å². The van der Waals surface area contributed by atoms with E-state index in [9.17, 15) is 4.79 Å². The molecule has 10 heteroatoms. The summed E-state index contributed by atoms with van der Waals surface area (Å²) in [5, 5.41) is 18.9. The molecule has 3 aromatic rings. The number of nitrogens with one attached hydrogen (secondary N) is 1. The molecule has 0 unspecified atom stereocenters. The van der Waals surface area contributed by atoms with Crippen LogP contribution in [0.4, 0.5) is 11.4 Å². The lowest BCUT2D eigenvalue weighted by molar-refractivity contribution is -0.123. The van der Waals surface area contributed by atoms with Crippen LogP contribution in [0.3, 0.4) is 0 Å². The van der Waals surface area contributed by atoms with E-state index in [0.29, 0.717) is 16.8 Å². The number of fused-ring (bicyclic) bond motifs is 1. The summed E-state index contributed by atoms with van der Waals surface area (Å²) < 4.78 is 2.13. The van der Waals surface area contributed by atoms with Crippen LogP contribution in [0.1, 0.15) is 43.8 Å². The summed E-state index contributed by atoms with van der Waals surface area (Å²) in [6.45, 7) is 2.00. The fraction of sp³-hybridized carbons (Fsp3) is 0.375. The summed E-state index contributed by atoms with van der Waals surface area (Å²) >= 11 is 12.1. The Morgan fingerprint density at radius 1 is 1.18 bits per heavy atom. The number of pyridine rings is 1. The van der Waals surface area contributed by atoms with Crippen molar-refractivity contribution in [3.05, 3.63) is 47.4 Å². The number of carbonyl (C=O) groups excluding carboxylic acids is 1. The number of nitrogens with zero attached hydrogens (tertiary/aromatic N) is 6. The highest BCUT2D eigenvalue weighted by atomic mass is 35.5. The Morgan fingerprint density at radius 2 is 1.97 bits per heavy atom. The minimum atomic E-state index is -0.698. The van der Waals surface area contributed by atoms with Crippen LogP contribution in [0, 0.1) is 11.3 Å². The van der Waals surface area contributed by atoms with Gasteiger partial charge in [0.1, 0.15) is 11.6 Å². The fourth-order valence-electron chi connectivity index (χ4n) is 5.36. The third-order valence-corrected chi connectivity index (χ3v) is 7.93. The molecule has 1 aliphatic carbocycles. The molecule has 1 aromatic carbocycles. The van der Waals surface area contributed by atoms with Crippen molar-refractivity contribution >= 4 is 57.1 Å². The first-order valence-corrected chi connectivity index (χ1v) is 12.2. The van der Waals surface area contributed by atoms with Crippen molar-refractivity contribution < 1.29 is 4.79 Å². The molecule has 4 heterocycles. The molecule has 2 aromatic heterocycles. The quantitative estimate of drug-likeness (QED) is 0.555. The molecule has 34 heavy (non-hydrogen) atoms. The summed E-state index contributed by atoms with van der Waals surface area (Å²) in [4.78, 5) is 21.3. The molecule has 0 radical (unpaired) electrons. The fourth-order valence-corrected chi connectivity index (χ4v) is 6.03. The average molecular weight is 492 g/mol. The van der Waals surface area contributed by atoms with E-state index in [-0.39, 0.29) is 16.6 Å². The Balaban J connectivity index is 1.39. The van der Waals surface area contributed by atoms with Crippen molar-refractivity contribution in [3.8, 4) is 6.07 Å². The van der Waals surface area contributed by atoms with Gasteiger partial charge in [-0.1, -0.05) is 11.6 Å². The van der Waals surface area contributed by atoms with E-state index in [4.69, 9.17) is 34.2 Å². The number of carbonyl (C=O) groups is 1. The van der Waals surface area contributed by atoms with Gasteiger partial charge in [-0.05, 0) is 81.7 Å². The van der Waals surface area contributed by atoms with Gasteiger partial charge in [0, 0.05) is 11.1 Å². The highest BCUT2D eigenvalue weighted by molar-refractivity contribution is 7.81. The van der Waals surface area contributed by atoms with Crippen molar-refractivity contribution in [2.45, 2.75) is 43.7 Å². The number of halogens is 1. The van der Waals surface area contributed by atoms with Crippen LogP contribution in [-0.4, -0.2) is 44.4 Å². The number of aromatic nitrogens is 3. The van der Waals surface area contributed by atoms with Gasteiger partial charge in [-0.25, -0.2) is 4.98 Å². The Kier molecular flexibility index (Phi) is 5.06. The maximum Gasteiger partial charge on any atom is 0.259 e. The summed E-state index contributed by atoms with van der Waals surface area (Å²) in [5.41, 5.74) is 1.87. The number of anilines is 2. The molecular weight excluding hydrogens is 470 g/mol. The van der Waals surface area contributed by atoms with E-state index in [1.165, 1.54) is 11.1 Å². The monoisotopic (exact) mass is 491 g/mol. The van der Waals surface area contributed by atoms with E-state index < -0.39 is 5.54 Å². The van der Waals surface area contributed by atoms with E-state index in [1.54, 1.807) is 6.07 Å². The molecule has 1 amide bonds. The van der Waals surface area contributed by atoms with Gasteiger partial charge in [0.15, 0.2) is 10.8 Å². The van der Waals surface area contributed by atoms with Gasteiger partial charge >= 0.3 is 0 Å². The van der Waals surface area contributed by atoms with Gasteiger partial charge in [0.05, 0.1) is 34.7 Å². The van der Waals surface area contributed by atoms with E-state index in [0.717, 1.165) is 61.8 Å². The molecule has 1 N–H and O–H groups in total. The summed E-state index contributed by atoms with van der Waals surface area (Å²) in [6.07, 6.45) is 7.92. The molecule has 172 valence electrons. The van der Waals surface area contributed by atoms with Crippen LogP contribution < -0.4 is 15.1 Å². The summed E-state index contributed by atoms with van der Waals surface area (Å²) in [7, 11) is 0. The average Bonchev–Trinajstić information content (AvgIpc) is 3.35. The molecular formula is C24H22ClN7OS. The first-order chi connectivity index (χ1) is 16.5. The molecule has 3 fully saturated rings. The number of benzene rings is 1. The van der Waals surface area contributed by atoms with Gasteiger partial charge in [0.2, 0.25) is 0 Å². The minimum Gasteiger partial charge on any atom is -0.317 e. The second-order valence-electron chi connectivity index (χ2n) is 9.09. The third-order valence-electron chi connectivity index (χ3n) is 7.28. The lowest BCUT2D eigenvalue weighted by Crippen LogP contribution is -2.55. The molecule has 1 saturated carbocycles. The van der Waals surface area contributed by atoms with E-state index >= 15 is 0 Å². The predicted octanol–water partition coefficient (Wildman–Crippen LogP) is 3.94. The molecule has 6 rings (SSSR count). The van der Waals surface area contributed by atoms with Crippen LogP contribution in [0.2, 0.25) is 5.02 Å². The minimum absolute atomic E-state index is 0.0724. The van der Waals surface area contributed by atoms with Crippen LogP contribution in [0.15, 0.2) is 36.7 Å². The lowest BCUT2D eigenvalue weighted by Gasteiger charge is -2.43. The van der Waals surface area contributed by atoms with Crippen LogP contribution in [0.25, 0.3) is 10.9 Å². The van der Waals surface area contributed by atoms with Gasteiger partial charge in [-0.3, -0.25) is 14.4 Å². The van der Waals surface area contributed by atoms with Crippen LogP contribution >= 0.6 is 23.8 Å². The second-order valence-corrected chi connectivity index (χ2v) is 9.87. The van der Waals surface area contributed by atoms with Crippen molar-refractivity contribution in [2.24, 2.45) is 0 Å². The molecule has 2 saturated heterocycles. The molecule has 2 aliphatic heterocycles. The third kappa shape index (κ3) is 3.06. The number of rotatable bonds is 3. The van der Waals surface area contributed by atoms with Crippen molar-refractivity contribution in [1.82, 2.24) is 20.1 Å². The van der Waals surface area contributed by atoms with Crippen molar-refractivity contribution in [2.75, 3.05) is 22.9 Å².